The molecule has 1 rings (SSSR count). The average Bonchev–Trinajstić information content (AvgIpc) is 2.26. The minimum atomic E-state index is -0.387. The monoisotopic (exact) mass is 218 g/mol. The number of amides is 1. The molecule has 0 aromatic carbocycles. The van der Waals surface area contributed by atoms with Crippen LogP contribution < -0.4 is 0 Å². The van der Waals surface area contributed by atoms with Gasteiger partial charge in [-0.3, -0.25) is 9.69 Å². The third-order valence-corrected chi connectivity index (χ3v) is 2.49. The highest BCUT2D eigenvalue weighted by Gasteiger charge is 2.19. The van der Waals surface area contributed by atoms with Gasteiger partial charge in [0.15, 0.2) is 0 Å². The van der Waals surface area contributed by atoms with Gasteiger partial charge >= 0.3 is 0 Å². The van der Waals surface area contributed by atoms with E-state index in [1.165, 1.54) is 5.54 Å². The topological polar surface area (TPSA) is 43.8 Å². The number of rotatable bonds is 3. The Morgan fingerprint density at radius 3 is 2.50 bits per heavy atom. The minimum absolute atomic E-state index is 0.183. The van der Waals surface area contributed by atoms with Gasteiger partial charge in [0.25, 0.3) is 0 Å². The molecular formula is C9H15ClN2O2. The average molecular weight is 219 g/mol. The van der Waals surface area contributed by atoms with Crippen LogP contribution in [0.15, 0.2) is 11.6 Å². The molecule has 0 aliphatic carbocycles. The third-order valence-electron chi connectivity index (χ3n) is 2.31. The second kappa shape index (κ2) is 6.01. The molecule has 1 N–H and O–H groups in total. The van der Waals surface area contributed by atoms with Gasteiger partial charge in [-0.2, -0.15) is 0 Å². The highest BCUT2D eigenvalue weighted by atomic mass is 35.5. The van der Waals surface area contributed by atoms with Crippen molar-refractivity contribution in [2.45, 2.75) is 0 Å². The summed E-state index contributed by atoms with van der Waals surface area (Å²) >= 11 is 5.42. The molecule has 0 saturated carbocycles. The first kappa shape index (κ1) is 11.5. The van der Waals surface area contributed by atoms with Crippen LogP contribution in [0.5, 0.6) is 0 Å². The van der Waals surface area contributed by atoms with E-state index in [0.717, 1.165) is 19.6 Å². The summed E-state index contributed by atoms with van der Waals surface area (Å²) in [6, 6.07) is 0. The molecule has 5 heteroatoms. The summed E-state index contributed by atoms with van der Waals surface area (Å²) in [5.74, 6) is -0.183. The van der Waals surface area contributed by atoms with Gasteiger partial charge in [0, 0.05) is 38.3 Å². The predicted octanol–water partition coefficient (Wildman–Crippen LogP) is -0.125. The van der Waals surface area contributed by atoms with Crippen molar-refractivity contribution in [1.82, 2.24) is 9.80 Å². The molecular weight excluding hydrogens is 204 g/mol. The van der Waals surface area contributed by atoms with E-state index in [-0.39, 0.29) is 12.5 Å². The molecule has 80 valence electrons. The zero-order valence-electron chi connectivity index (χ0n) is 8.03. The van der Waals surface area contributed by atoms with Crippen LogP contribution in [0.4, 0.5) is 0 Å². The lowest BCUT2D eigenvalue weighted by Gasteiger charge is -2.33. The van der Waals surface area contributed by atoms with Crippen LogP contribution in [-0.2, 0) is 4.79 Å². The van der Waals surface area contributed by atoms with Gasteiger partial charge in [0.2, 0.25) is 5.91 Å². The normalized spacial score (nSPS) is 19.1. The van der Waals surface area contributed by atoms with Crippen LogP contribution in [0.25, 0.3) is 0 Å². The summed E-state index contributed by atoms with van der Waals surface area (Å²) in [5, 5.41) is 8.66. The van der Waals surface area contributed by atoms with Gasteiger partial charge in [-0.15, -0.1) is 0 Å². The van der Waals surface area contributed by atoms with Crippen molar-refractivity contribution in [2.75, 3.05) is 39.3 Å². The molecule has 0 unspecified atom stereocenters. The summed E-state index contributed by atoms with van der Waals surface area (Å²) in [6.07, 6.45) is 1.88. The number of hydrogen-bond donors (Lipinski definition) is 1. The van der Waals surface area contributed by atoms with Gasteiger partial charge in [-0.1, -0.05) is 17.7 Å². The quantitative estimate of drug-likeness (QED) is 0.718. The zero-order valence-corrected chi connectivity index (χ0v) is 8.78. The van der Waals surface area contributed by atoms with Crippen LogP contribution in [0, 0.1) is 0 Å². The number of nitrogens with zero attached hydrogens (tertiary/aromatic N) is 2. The molecule has 4 nitrogen and oxygen atoms in total. The Hall–Kier alpha value is -0.580. The first-order valence-electron chi connectivity index (χ1n) is 4.64. The molecule has 1 aliphatic heterocycles. The first-order chi connectivity index (χ1) is 6.77. The van der Waals surface area contributed by atoms with E-state index in [9.17, 15) is 4.79 Å². The molecule has 0 aromatic heterocycles. The first-order valence-corrected chi connectivity index (χ1v) is 5.07. The van der Waals surface area contributed by atoms with Crippen molar-refractivity contribution in [3.63, 3.8) is 0 Å². The van der Waals surface area contributed by atoms with E-state index >= 15 is 0 Å². The SMILES string of the molecule is O=C(CO)N1CCN(C/C=C/Cl)CC1. The molecule has 14 heavy (non-hydrogen) atoms. The van der Waals surface area contributed by atoms with Gasteiger partial charge in [-0.05, 0) is 0 Å². The number of carbonyl (C=O) groups excluding carboxylic acids is 1. The van der Waals surface area contributed by atoms with Crippen LogP contribution >= 0.6 is 11.6 Å². The maximum absolute atomic E-state index is 11.1. The molecule has 0 radical (unpaired) electrons. The number of piperazine rings is 1. The Balaban J connectivity index is 2.27. The fourth-order valence-corrected chi connectivity index (χ4v) is 1.55. The summed E-state index contributed by atoms with van der Waals surface area (Å²) in [5.41, 5.74) is 1.51. The van der Waals surface area contributed by atoms with Crippen LogP contribution in [0.3, 0.4) is 0 Å². The zero-order chi connectivity index (χ0) is 10.4. The number of aliphatic hydroxyl groups is 1. The lowest BCUT2D eigenvalue weighted by molar-refractivity contribution is -0.135. The van der Waals surface area contributed by atoms with E-state index in [1.54, 1.807) is 4.90 Å². The van der Waals surface area contributed by atoms with E-state index in [0.29, 0.717) is 13.1 Å². The third kappa shape index (κ3) is 3.29. The van der Waals surface area contributed by atoms with E-state index in [2.05, 4.69) is 4.90 Å². The Morgan fingerprint density at radius 1 is 1.36 bits per heavy atom. The van der Waals surface area contributed by atoms with Gasteiger partial charge in [-0.25, -0.2) is 0 Å². The largest absolute Gasteiger partial charge is 0.387 e. The Labute approximate surface area is 88.7 Å². The maximum Gasteiger partial charge on any atom is 0.248 e. The number of aliphatic hydroxyl groups excluding tert-OH is 1. The summed E-state index contributed by atoms with van der Waals surface area (Å²) in [7, 11) is 0. The number of carbonyl (C=O) groups is 1. The lowest BCUT2D eigenvalue weighted by atomic mass is 10.3. The molecule has 0 atom stereocenters. The van der Waals surface area contributed by atoms with Gasteiger partial charge in [0.05, 0.1) is 0 Å². The molecule has 0 aromatic rings. The van der Waals surface area contributed by atoms with Crippen molar-refractivity contribution < 1.29 is 9.90 Å². The molecule has 1 saturated heterocycles. The van der Waals surface area contributed by atoms with Gasteiger partial charge < -0.3 is 10.0 Å². The number of halogens is 1. The van der Waals surface area contributed by atoms with E-state index < -0.39 is 0 Å². The van der Waals surface area contributed by atoms with Crippen molar-refractivity contribution >= 4 is 17.5 Å². The van der Waals surface area contributed by atoms with Crippen LogP contribution in [-0.4, -0.2) is 60.1 Å². The maximum atomic E-state index is 11.1. The molecule has 1 aliphatic rings. The van der Waals surface area contributed by atoms with Crippen molar-refractivity contribution in [3.05, 3.63) is 11.6 Å². The summed E-state index contributed by atoms with van der Waals surface area (Å²) in [4.78, 5) is 15.0. The minimum Gasteiger partial charge on any atom is -0.387 e. The highest BCUT2D eigenvalue weighted by molar-refractivity contribution is 6.25. The molecule has 1 amide bonds. The van der Waals surface area contributed by atoms with Crippen molar-refractivity contribution in [1.29, 1.82) is 0 Å². The van der Waals surface area contributed by atoms with E-state index in [1.807, 2.05) is 6.08 Å². The lowest BCUT2D eigenvalue weighted by Crippen LogP contribution is -2.49. The molecule has 1 heterocycles. The standard InChI is InChI=1S/C9H15ClN2O2/c10-2-1-3-11-4-6-12(7-5-11)9(14)8-13/h1-2,13H,3-8H2/b2-1+. The second-order valence-electron chi connectivity index (χ2n) is 3.20. The summed E-state index contributed by atoms with van der Waals surface area (Å²) < 4.78 is 0. The molecule has 0 bridgehead atoms. The van der Waals surface area contributed by atoms with Gasteiger partial charge in [0.1, 0.15) is 6.61 Å². The van der Waals surface area contributed by atoms with E-state index in [4.69, 9.17) is 16.7 Å². The van der Waals surface area contributed by atoms with Crippen LogP contribution in [0.2, 0.25) is 0 Å². The fourth-order valence-electron chi connectivity index (χ4n) is 1.47. The Bertz CT molecular complexity index is 213. The Kier molecular flexibility index (Phi) is 4.93. The predicted molar refractivity (Wildman–Crippen MR) is 55.1 cm³/mol. The van der Waals surface area contributed by atoms with Crippen molar-refractivity contribution in [2.24, 2.45) is 0 Å². The smallest absolute Gasteiger partial charge is 0.248 e. The number of hydrogen-bond acceptors (Lipinski definition) is 3. The summed E-state index contributed by atoms with van der Waals surface area (Å²) in [6.45, 7) is 3.50. The fraction of sp³-hybridized carbons (Fsp3) is 0.667. The molecule has 1 fully saturated rings. The molecule has 0 spiro atoms. The van der Waals surface area contributed by atoms with Crippen LogP contribution in [0.1, 0.15) is 0 Å². The highest BCUT2D eigenvalue weighted by Crippen LogP contribution is 2.01. The second-order valence-corrected chi connectivity index (χ2v) is 3.45. The van der Waals surface area contributed by atoms with Crippen molar-refractivity contribution in [3.8, 4) is 0 Å². The Morgan fingerprint density at radius 2 is 2.00 bits per heavy atom.